The normalized spacial score (nSPS) is 9.57. The largest absolute Gasteiger partial charge is 0.497 e. The second-order valence-corrected chi connectivity index (χ2v) is 2.62. The van der Waals surface area contributed by atoms with Crippen LogP contribution in [-0.2, 0) is 4.84 Å². The third-order valence-electron chi connectivity index (χ3n) is 1.61. The number of ether oxygens (including phenoxy) is 1. The fraction of sp³-hybridized carbons (Fsp3) is 0.300. The van der Waals surface area contributed by atoms with Gasteiger partial charge in [0.15, 0.2) is 0 Å². The van der Waals surface area contributed by atoms with E-state index in [1.54, 1.807) is 31.4 Å². The number of carbonyl (C=O) groups excluding carboxylic acids is 1. The first-order valence-electron chi connectivity index (χ1n) is 4.36. The van der Waals surface area contributed by atoms with Crippen LogP contribution in [0.25, 0.3) is 0 Å². The van der Waals surface area contributed by atoms with Crippen LogP contribution in [0.2, 0.25) is 0 Å². The Morgan fingerprint density at radius 1 is 1.50 bits per heavy atom. The molecule has 0 radical (unpaired) electrons. The van der Waals surface area contributed by atoms with Crippen molar-refractivity contribution < 1.29 is 14.4 Å². The van der Waals surface area contributed by atoms with Gasteiger partial charge in [-0.2, -0.15) is 5.48 Å². The summed E-state index contributed by atoms with van der Waals surface area (Å²) >= 11 is 0. The zero-order valence-corrected chi connectivity index (χ0v) is 8.24. The minimum absolute atomic E-state index is 0.411. The molecular formula is C10H13NO3. The Labute approximate surface area is 82.8 Å². The first-order valence-corrected chi connectivity index (χ1v) is 4.36. The maximum absolute atomic E-state index is 11.3. The van der Waals surface area contributed by atoms with Gasteiger partial charge in [0.1, 0.15) is 5.75 Å². The van der Waals surface area contributed by atoms with Crippen LogP contribution in [0, 0.1) is 0 Å². The first-order chi connectivity index (χ1) is 6.77. The highest BCUT2D eigenvalue weighted by Crippen LogP contribution is 2.12. The van der Waals surface area contributed by atoms with E-state index in [0.717, 1.165) is 0 Å². The number of hydroxylamine groups is 1. The van der Waals surface area contributed by atoms with Gasteiger partial charge in [-0.1, -0.05) is 6.07 Å². The minimum Gasteiger partial charge on any atom is -0.497 e. The predicted molar refractivity (Wildman–Crippen MR) is 52.1 cm³/mol. The number of hydrogen-bond acceptors (Lipinski definition) is 4. The van der Waals surface area contributed by atoms with E-state index >= 15 is 0 Å². The van der Waals surface area contributed by atoms with Crippen LogP contribution in [0.4, 0.5) is 0 Å². The van der Waals surface area contributed by atoms with Gasteiger partial charge in [-0.25, -0.2) is 4.79 Å². The summed E-state index contributed by atoms with van der Waals surface area (Å²) in [5, 5.41) is 0. The Kier molecular flexibility index (Phi) is 3.94. The summed E-state index contributed by atoms with van der Waals surface area (Å²) in [6, 6.07) is 6.80. The zero-order valence-electron chi connectivity index (χ0n) is 8.24. The first kappa shape index (κ1) is 10.5. The van der Waals surface area contributed by atoms with E-state index in [1.807, 2.05) is 6.92 Å². The Hall–Kier alpha value is -1.55. The summed E-state index contributed by atoms with van der Waals surface area (Å²) < 4.78 is 4.98. The zero-order chi connectivity index (χ0) is 10.4. The average Bonchev–Trinajstić information content (AvgIpc) is 2.26. The lowest BCUT2D eigenvalue weighted by molar-refractivity contribution is 0.0265. The van der Waals surface area contributed by atoms with Crippen molar-refractivity contribution in [2.75, 3.05) is 13.7 Å². The Bertz CT molecular complexity index is 312. The molecule has 0 aliphatic heterocycles. The van der Waals surface area contributed by atoms with Crippen molar-refractivity contribution in [3.8, 4) is 5.75 Å². The van der Waals surface area contributed by atoms with E-state index in [0.29, 0.717) is 17.9 Å². The van der Waals surface area contributed by atoms with E-state index in [2.05, 4.69) is 5.48 Å². The Morgan fingerprint density at radius 2 is 2.29 bits per heavy atom. The molecule has 0 saturated carbocycles. The summed E-state index contributed by atoms with van der Waals surface area (Å²) in [5.41, 5.74) is 2.96. The molecule has 1 aromatic carbocycles. The smallest absolute Gasteiger partial charge is 0.356 e. The van der Waals surface area contributed by atoms with Crippen molar-refractivity contribution in [1.29, 1.82) is 0 Å². The summed E-state index contributed by atoms with van der Waals surface area (Å²) in [4.78, 5) is 16.1. The van der Waals surface area contributed by atoms with Crippen LogP contribution in [0.1, 0.15) is 17.3 Å². The van der Waals surface area contributed by atoms with Gasteiger partial charge in [0.2, 0.25) is 0 Å². The fourth-order valence-electron chi connectivity index (χ4n) is 0.947. The molecule has 1 aromatic rings. The van der Waals surface area contributed by atoms with Crippen LogP contribution in [0.5, 0.6) is 5.75 Å². The molecule has 76 valence electrons. The van der Waals surface area contributed by atoms with Gasteiger partial charge in [-0.3, -0.25) is 0 Å². The van der Waals surface area contributed by atoms with Crippen molar-refractivity contribution in [2.45, 2.75) is 6.92 Å². The molecule has 0 saturated heterocycles. The summed E-state index contributed by atoms with van der Waals surface area (Å²) in [6.07, 6.45) is 0. The average molecular weight is 195 g/mol. The van der Waals surface area contributed by atoms with Gasteiger partial charge < -0.3 is 9.57 Å². The molecule has 14 heavy (non-hydrogen) atoms. The topological polar surface area (TPSA) is 47.6 Å². The molecule has 0 aliphatic carbocycles. The van der Waals surface area contributed by atoms with Crippen LogP contribution in [0.15, 0.2) is 24.3 Å². The molecule has 4 nitrogen and oxygen atoms in total. The van der Waals surface area contributed by atoms with E-state index in [4.69, 9.17) is 9.57 Å². The number of rotatable bonds is 4. The molecule has 0 heterocycles. The van der Waals surface area contributed by atoms with Gasteiger partial charge in [-0.15, -0.1) is 0 Å². The van der Waals surface area contributed by atoms with Gasteiger partial charge in [0.25, 0.3) is 0 Å². The number of hydrogen-bond donors (Lipinski definition) is 1. The van der Waals surface area contributed by atoms with Crippen molar-refractivity contribution in [2.24, 2.45) is 0 Å². The molecular weight excluding hydrogens is 182 g/mol. The highest BCUT2D eigenvalue weighted by atomic mass is 16.7. The number of methoxy groups -OCH3 is 1. The Morgan fingerprint density at radius 3 is 2.93 bits per heavy atom. The molecule has 0 bridgehead atoms. The molecule has 0 aromatic heterocycles. The number of carbonyl (C=O) groups is 1. The lowest BCUT2D eigenvalue weighted by Crippen LogP contribution is -2.19. The standard InChI is InChI=1S/C10H13NO3/c1-3-11-14-10(12)8-5-4-6-9(7-8)13-2/h4-7,11H,3H2,1-2H3. The number of nitrogens with one attached hydrogen (secondary N) is 1. The molecule has 0 aliphatic rings. The third-order valence-corrected chi connectivity index (χ3v) is 1.61. The Balaban J connectivity index is 2.69. The maximum Gasteiger partial charge on any atom is 0.356 e. The second-order valence-electron chi connectivity index (χ2n) is 2.62. The summed E-state index contributed by atoms with van der Waals surface area (Å²) in [5.74, 6) is 0.224. The third kappa shape index (κ3) is 2.74. The monoisotopic (exact) mass is 195 g/mol. The second kappa shape index (κ2) is 5.24. The molecule has 0 atom stereocenters. The van der Waals surface area contributed by atoms with Crippen molar-refractivity contribution in [1.82, 2.24) is 5.48 Å². The minimum atomic E-state index is -0.411. The molecule has 1 N–H and O–H groups in total. The van der Waals surface area contributed by atoms with Crippen molar-refractivity contribution in [3.05, 3.63) is 29.8 Å². The molecule has 0 unspecified atom stereocenters. The highest BCUT2D eigenvalue weighted by molar-refractivity contribution is 5.89. The highest BCUT2D eigenvalue weighted by Gasteiger charge is 2.07. The van der Waals surface area contributed by atoms with Gasteiger partial charge >= 0.3 is 5.97 Å². The van der Waals surface area contributed by atoms with E-state index in [9.17, 15) is 4.79 Å². The summed E-state index contributed by atoms with van der Waals surface area (Å²) in [7, 11) is 1.55. The van der Waals surface area contributed by atoms with Crippen molar-refractivity contribution in [3.63, 3.8) is 0 Å². The summed E-state index contributed by atoms with van der Waals surface area (Å²) in [6.45, 7) is 2.43. The fourth-order valence-corrected chi connectivity index (χ4v) is 0.947. The van der Waals surface area contributed by atoms with Crippen LogP contribution in [0.3, 0.4) is 0 Å². The van der Waals surface area contributed by atoms with Crippen LogP contribution >= 0.6 is 0 Å². The maximum atomic E-state index is 11.3. The van der Waals surface area contributed by atoms with Gasteiger partial charge in [0, 0.05) is 6.54 Å². The number of benzene rings is 1. The lowest BCUT2D eigenvalue weighted by atomic mass is 10.2. The van der Waals surface area contributed by atoms with Gasteiger partial charge in [-0.05, 0) is 25.1 Å². The molecule has 1 rings (SSSR count). The quantitative estimate of drug-likeness (QED) is 0.737. The molecule has 0 spiro atoms. The van der Waals surface area contributed by atoms with E-state index in [-0.39, 0.29) is 0 Å². The van der Waals surface area contributed by atoms with E-state index < -0.39 is 5.97 Å². The predicted octanol–water partition coefficient (Wildman–Crippen LogP) is 1.38. The molecule has 0 fully saturated rings. The van der Waals surface area contributed by atoms with Crippen LogP contribution in [-0.4, -0.2) is 19.6 Å². The van der Waals surface area contributed by atoms with E-state index in [1.165, 1.54) is 0 Å². The van der Waals surface area contributed by atoms with Crippen molar-refractivity contribution >= 4 is 5.97 Å². The molecule has 0 amide bonds. The SMILES string of the molecule is CCNOC(=O)c1cccc(OC)c1. The van der Waals surface area contributed by atoms with Crippen LogP contribution < -0.4 is 10.2 Å². The lowest BCUT2D eigenvalue weighted by Gasteiger charge is -2.04. The molecule has 4 heteroatoms. The van der Waals surface area contributed by atoms with Gasteiger partial charge in [0.05, 0.1) is 12.7 Å².